The number of benzene rings is 1. The molecule has 0 spiro atoms. The lowest BCUT2D eigenvalue weighted by Gasteiger charge is -2.07. The third kappa shape index (κ3) is 4.31. The molecular weight excluding hydrogens is 322 g/mol. The van der Waals surface area contributed by atoms with Crippen molar-refractivity contribution in [3.63, 3.8) is 0 Å². The number of nitrogens with one attached hydrogen (secondary N) is 1. The van der Waals surface area contributed by atoms with Gasteiger partial charge in [0.15, 0.2) is 6.61 Å². The second kappa shape index (κ2) is 6.47. The minimum atomic E-state index is -0.294. The highest BCUT2D eigenvalue weighted by molar-refractivity contribution is 9.10. The summed E-state index contributed by atoms with van der Waals surface area (Å²) in [7, 11) is 0. The smallest absolute Gasteiger partial charge is 0.264 e. The minimum absolute atomic E-state index is 0.0853. The highest BCUT2D eigenvalue weighted by Crippen LogP contribution is 2.16. The number of rotatable bonds is 4. The molecule has 0 saturated carbocycles. The Hall–Kier alpha value is -1.95. The summed E-state index contributed by atoms with van der Waals surface area (Å²) < 4.78 is 6.32. The number of carbonyl (C=O) groups is 1. The van der Waals surface area contributed by atoms with E-state index in [4.69, 9.17) is 4.74 Å². The quantitative estimate of drug-likeness (QED) is 0.932. The van der Waals surface area contributed by atoms with Crippen molar-refractivity contribution in [1.29, 1.82) is 0 Å². The zero-order chi connectivity index (χ0) is 14.5. The van der Waals surface area contributed by atoms with Crippen molar-refractivity contribution >= 4 is 27.8 Å². The van der Waals surface area contributed by atoms with Gasteiger partial charge in [0.05, 0.1) is 0 Å². The summed E-state index contributed by atoms with van der Waals surface area (Å²) in [6, 6.07) is 9.10. The Balaban J connectivity index is 1.90. The van der Waals surface area contributed by atoms with Crippen LogP contribution >= 0.6 is 15.9 Å². The second-order valence-electron chi connectivity index (χ2n) is 4.27. The van der Waals surface area contributed by atoms with Gasteiger partial charge in [0.25, 0.3) is 5.91 Å². The summed E-state index contributed by atoms with van der Waals surface area (Å²) in [6.07, 6.45) is 0. The van der Waals surface area contributed by atoms with Gasteiger partial charge in [-0.15, -0.1) is 0 Å². The van der Waals surface area contributed by atoms with Crippen molar-refractivity contribution in [3.05, 3.63) is 46.2 Å². The van der Waals surface area contributed by atoms with E-state index < -0.39 is 0 Å². The van der Waals surface area contributed by atoms with Crippen LogP contribution in [0, 0.1) is 13.8 Å². The molecule has 0 unspecified atom stereocenters. The van der Waals surface area contributed by atoms with E-state index in [0.29, 0.717) is 11.7 Å². The lowest BCUT2D eigenvalue weighted by molar-refractivity contribution is -0.118. The minimum Gasteiger partial charge on any atom is -0.484 e. The summed E-state index contributed by atoms with van der Waals surface area (Å²) in [4.78, 5) is 20.0. The number of aromatic nitrogens is 2. The van der Waals surface area contributed by atoms with Gasteiger partial charge in [0.1, 0.15) is 5.75 Å². The van der Waals surface area contributed by atoms with Crippen LogP contribution in [0.2, 0.25) is 0 Å². The first kappa shape index (κ1) is 14.5. The molecule has 1 heterocycles. The first-order valence-electron chi connectivity index (χ1n) is 6.03. The fourth-order valence-corrected chi connectivity index (χ4v) is 1.89. The van der Waals surface area contributed by atoms with Crippen LogP contribution in [0.5, 0.6) is 5.75 Å². The van der Waals surface area contributed by atoms with Crippen LogP contribution in [-0.4, -0.2) is 22.5 Å². The maximum Gasteiger partial charge on any atom is 0.264 e. The Kier molecular flexibility index (Phi) is 4.68. The summed E-state index contributed by atoms with van der Waals surface area (Å²) in [5.41, 5.74) is 1.61. The molecule has 6 heteroatoms. The van der Waals surface area contributed by atoms with E-state index in [-0.39, 0.29) is 12.5 Å². The molecule has 0 fully saturated rings. The Bertz CT molecular complexity index is 594. The number of carbonyl (C=O) groups excluding carboxylic acids is 1. The molecule has 2 rings (SSSR count). The van der Waals surface area contributed by atoms with E-state index in [1.165, 1.54) is 0 Å². The van der Waals surface area contributed by atoms with Crippen molar-refractivity contribution < 1.29 is 9.53 Å². The summed E-state index contributed by atoms with van der Waals surface area (Å²) in [5.74, 6) is 0.634. The van der Waals surface area contributed by atoms with Crippen LogP contribution < -0.4 is 10.1 Å². The molecule has 0 radical (unpaired) electrons. The third-order valence-electron chi connectivity index (χ3n) is 2.42. The van der Waals surface area contributed by atoms with Crippen LogP contribution in [0.3, 0.4) is 0 Å². The molecule has 1 amide bonds. The van der Waals surface area contributed by atoms with Gasteiger partial charge in [0, 0.05) is 15.9 Å². The molecule has 0 atom stereocenters. The first-order chi connectivity index (χ1) is 9.52. The Morgan fingerprint density at radius 3 is 2.40 bits per heavy atom. The van der Waals surface area contributed by atoms with E-state index >= 15 is 0 Å². The predicted molar refractivity (Wildman–Crippen MR) is 79.8 cm³/mol. The number of hydrogen-bond donors (Lipinski definition) is 1. The van der Waals surface area contributed by atoms with Gasteiger partial charge in [-0.05, 0) is 44.2 Å². The van der Waals surface area contributed by atoms with Gasteiger partial charge in [0.2, 0.25) is 5.95 Å². The van der Waals surface area contributed by atoms with Crippen molar-refractivity contribution in [2.24, 2.45) is 0 Å². The molecule has 0 aliphatic heterocycles. The van der Waals surface area contributed by atoms with Crippen molar-refractivity contribution in [1.82, 2.24) is 9.97 Å². The zero-order valence-corrected chi connectivity index (χ0v) is 12.8. The molecule has 0 saturated heterocycles. The lowest BCUT2D eigenvalue weighted by Crippen LogP contribution is -2.21. The monoisotopic (exact) mass is 335 g/mol. The SMILES string of the molecule is Cc1cc(C)nc(NC(=O)COc2ccc(Br)cc2)n1. The Morgan fingerprint density at radius 1 is 1.20 bits per heavy atom. The van der Waals surface area contributed by atoms with Gasteiger partial charge in [-0.25, -0.2) is 9.97 Å². The number of amides is 1. The molecule has 0 aliphatic carbocycles. The summed E-state index contributed by atoms with van der Waals surface area (Å²) >= 11 is 3.33. The largest absolute Gasteiger partial charge is 0.484 e. The molecule has 1 N–H and O–H groups in total. The maximum absolute atomic E-state index is 11.7. The van der Waals surface area contributed by atoms with Crippen LogP contribution in [0.15, 0.2) is 34.8 Å². The molecule has 0 bridgehead atoms. The number of aryl methyl sites for hydroxylation is 2. The van der Waals surface area contributed by atoms with Crippen LogP contribution in [0.25, 0.3) is 0 Å². The lowest BCUT2D eigenvalue weighted by atomic mass is 10.3. The number of nitrogens with zero attached hydrogens (tertiary/aromatic N) is 2. The fourth-order valence-electron chi connectivity index (χ4n) is 1.62. The number of hydrogen-bond acceptors (Lipinski definition) is 4. The third-order valence-corrected chi connectivity index (χ3v) is 2.95. The van der Waals surface area contributed by atoms with E-state index in [1.807, 2.05) is 32.0 Å². The molecule has 5 nitrogen and oxygen atoms in total. The molecule has 20 heavy (non-hydrogen) atoms. The topological polar surface area (TPSA) is 64.1 Å². The van der Waals surface area contributed by atoms with Gasteiger partial charge in [-0.1, -0.05) is 15.9 Å². The van der Waals surface area contributed by atoms with E-state index in [0.717, 1.165) is 15.9 Å². The number of ether oxygens (including phenoxy) is 1. The molecule has 2 aromatic rings. The van der Waals surface area contributed by atoms with E-state index in [2.05, 4.69) is 31.2 Å². The van der Waals surface area contributed by atoms with Crippen LogP contribution in [-0.2, 0) is 4.79 Å². The molecule has 0 aliphatic rings. The second-order valence-corrected chi connectivity index (χ2v) is 5.18. The Morgan fingerprint density at radius 2 is 1.80 bits per heavy atom. The highest BCUT2D eigenvalue weighted by atomic mass is 79.9. The van der Waals surface area contributed by atoms with Crippen LogP contribution in [0.1, 0.15) is 11.4 Å². The fraction of sp³-hybridized carbons (Fsp3) is 0.214. The number of halogens is 1. The average molecular weight is 336 g/mol. The predicted octanol–water partition coefficient (Wildman–Crippen LogP) is 2.87. The number of anilines is 1. The molecular formula is C14H14BrN3O2. The van der Waals surface area contributed by atoms with Crippen LogP contribution in [0.4, 0.5) is 5.95 Å². The standard InChI is InChI=1S/C14H14BrN3O2/c1-9-7-10(2)17-14(16-9)18-13(19)8-20-12-5-3-11(15)4-6-12/h3-7H,8H2,1-2H3,(H,16,17,18,19). The van der Waals surface area contributed by atoms with E-state index in [1.54, 1.807) is 12.1 Å². The first-order valence-corrected chi connectivity index (χ1v) is 6.83. The van der Waals surface area contributed by atoms with Gasteiger partial charge >= 0.3 is 0 Å². The van der Waals surface area contributed by atoms with Gasteiger partial charge < -0.3 is 4.74 Å². The molecule has 1 aromatic heterocycles. The highest BCUT2D eigenvalue weighted by Gasteiger charge is 2.06. The maximum atomic E-state index is 11.7. The van der Waals surface area contributed by atoms with E-state index in [9.17, 15) is 4.79 Å². The van der Waals surface area contributed by atoms with Crippen molar-refractivity contribution in [3.8, 4) is 5.75 Å². The summed E-state index contributed by atoms with van der Waals surface area (Å²) in [6.45, 7) is 3.61. The molecule has 1 aromatic carbocycles. The van der Waals surface area contributed by atoms with Crippen molar-refractivity contribution in [2.45, 2.75) is 13.8 Å². The summed E-state index contributed by atoms with van der Waals surface area (Å²) in [5, 5.41) is 2.61. The zero-order valence-electron chi connectivity index (χ0n) is 11.2. The van der Waals surface area contributed by atoms with Gasteiger partial charge in [-0.3, -0.25) is 10.1 Å². The normalized spacial score (nSPS) is 10.2. The molecule has 104 valence electrons. The van der Waals surface area contributed by atoms with Crippen molar-refractivity contribution in [2.75, 3.05) is 11.9 Å². The Labute approximate surface area is 125 Å². The average Bonchev–Trinajstić information content (AvgIpc) is 2.37. The van der Waals surface area contributed by atoms with Gasteiger partial charge in [-0.2, -0.15) is 0 Å².